The molecule has 0 amide bonds. The van der Waals surface area contributed by atoms with Crippen molar-refractivity contribution in [2.45, 2.75) is 20.3 Å². The highest BCUT2D eigenvalue weighted by Gasteiger charge is 2.19. The van der Waals surface area contributed by atoms with Crippen LogP contribution in [0.4, 0.5) is 0 Å². The molecule has 0 saturated heterocycles. The first-order valence-electron chi connectivity index (χ1n) is 5.51. The number of rotatable bonds is 3. The quantitative estimate of drug-likeness (QED) is 0.789. The molecule has 0 aliphatic rings. The molecule has 4 nitrogen and oxygen atoms in total. The van der Waals surface area contributed by atoms with Crippen LogP contribution in [-0.4, -0.2) is 22.0 Å². The van der Waals surface area contributed by atoms with Crippen LogP contribution in [0.15, 0.2) is 18.3 Å². The van der Waals surface area contributed by atoms with Crippen molar-refractivity contribution in [1.29, 1.82) is 0 Å². The van der Waals surface area contributed by atoms with Crippen LogP contribution < -0.4 is 0 Å². The van der Waals surface area contributed by atoms with Crippen molar-refractivity contribution in [3.05, 3.63) is 34.7 Å². The lowest BCUT2D eigenvalue weighted by Crippen LogP contribution is -2.10. The van der Waals surface area contributed by atoms with Gasteiger partial charge in [0.05, 0.1) is 12.3 Å². The number of aromatic nitrogens is 2. The van der Waals surface area contributed by atoms with Crippen molar-refractivity contribution < 1.29 is 9.53 Å². The van der Waals surface area contributed by atoms with Crippen LogP contribution in [0.2, 0.25) is 5.02 Å². The normalized spacial score (nSPS) is 10.8. The van der Waals surface area contributed by atoms with Gasteiger partial charge in [0.1, 0.15) is 5.65 Å². The molecule has 0 saturated carbocycles. The molecule has 2 aromatic heterocycles. The van der Waals surface area contributed by atoms with Crippen LogP contribution in [0.25, 0.3) is 5.65 Å². The maximum absolute atomic E-state index is 11.9. The molecule has 0 fully saturated rings. The zero-order valence-electron chi connectivity index (χ0n) is 9.74. The van der Waals surface area contributed by atoms with Gasteiger partial charge in [0.15, 0.2) is 5.69 Å². The largest absolute Gasteiger partial charge is 0.461 e. The van der Waals surface area contributed by atoms with E-state index in [1.165, 1.54) is 0 Å². The van der Waals surface area contributed by atoms with E-state index >= 15 is 0 Å². The van der Waals surface area contributed by atoms with Crippen molar-refractivity contribution >= 4 is 23.2 Å². The van der Waals surface area contributed by atoms with Gasteiger partial charge in [-0.2, -0.15) is 0 Å². The summed E-state index contributed by atoms with van der Waals surface area (Å²) in [5.74, 6) is -0.348. The van der Waals surface area contributed by atoms with Crippen LogP contribution in [0.3, 0.4) is 0 Å². The fraction of sp³-hybridized carbons (Fsp3) is 0.333. The highest BCUT2D eigenvalue weighted by atomic mass is 35.5. The first-order chi connectivity index (χ1) is 8.17. The van der Waals surface area contributed by atoms with E-state index < -0.39 is 0 Å². The Morgan fingerprint density at radius 1 is 1.53 bits per heavy atom. The van der Waals surface area contributed by atoms with E-state index in [0.717, 1.165) is 5.69 Å². The highest BCUT2D eigenvalue weighted by Crippen LogP contribution is 2.18. The zero-order valence-corrected chi connectivity index (χ0v) is 10.5. The van der Waals surface area contributed by atoms with Crippen LogP contribution in [0.1, 0.15) is 30.0 Å². The fourth-order valence-electron chi connectivity index (χ4n) is 1.73. The topological polar surface area (TPSA) is 43.6 Å². The lowest BCUT2D eigenvalue weighted by atomic mass is 10.2. The van der Waals surface area contributed by atoms with E-state index in [1.807, 2.05) is 6.92 Å². The van der Waals surface area contributed by atoms with Gasteiger partial charge in [-0.3, -0.25) is 4.40 Å². The molecule has 0 atom stereocenters. The van der Waals surface area contributed by atoms with Gasteiger partial charge in [0.2, 0.25) is 0 Å². The van der Waals surface area contributed by atoms with E-state index in [9.17, 15) is 4.79 Å². The second-order valence-electron chi connectivity index (χ2n) is 3.55. The maximum Gasteiger partial charge on any atom is 0.357 e. The van der Waals surface area contributed by atoms with Gasteiger partial charge in [-0.25, -0.2) is 9.78 Å². The van der Waals surface area contributed by atoms with E-state index in [0.29, 0.717) is 29.4 Å². The van der Waals surface area contributed by atoms with Crippen molar-refractivity contribution in [2.24, 2.45) is 0 Å². The predicted molar refractivity (Wildman–Crippen MR) is 65.5 cm³/mol. The van der Waals surface area contributed by atoms with E-state index in [2.05, 4.69) is 4.98 Å². The Morgan fingerprint density at radius 3 is 2.94 bits per heavy atom. The first-order valence-corrected chi connectivity index (χ1v) is 5.88. The summed E-state index contributed by atoms with van der Waals surface area (Å²) in [6.07, 6.45) is 2.41. The second-order valence-corrected chi connectivity index (χ2v) is 3.99. The smallest absolute Gasteiger partial charge is 0.357 e. The van der Waals surface area contributed by atoms with Crippen molar-refractivity contribution in [3.8, 4) is 0 Å². The van der Waals surface area contributed by atoms with E-state index in [1.54, 1.807) is 29.7 Å². The minimum absolute atomic E-state index is 0.348. The second kappa shape index (κ2) is 4.75. The Hall–Kier alpha value is -1.55. The number of hydrogen-bond acceptors (Lipinski definition) is 3. The minimum atomic E-state index is -0.348. The lowest BCUT2D eigenvalue weighted by Gasteiger charge is -2.03. The third-order valence-electron chi connectivity index (χ3n) is 2.46. The molecule has 5 heteroatoms. The molecule has 17 heavy (non-hydrogen) atoms. The number of imidazole rings is 1. The van der Waals surface area contributed by atoms with Gasteiger partial charge < -0.3 is 4.74 Å². The monoisotopic (exact) mass is 252 g/mol. The van der Waals surface area contributed by atoms with Gasteiger partial charge in [-0.15, -0.1) is 0 Å². The van der Waals surface area contributed by atoms with Gasteiger partial charge in [-0.1, -0.05) is 18.5 Å². The predicted octanol–water partition coefficient (Wildman–Crippen LogP) is 2.73. The number of carbonyl (C=O) groups is 1. The molecule has 0 spiro atoms. The van der Waals surface area contributed by atoms with Gasteiger partial charge in [0.25, 0.3) is 0 Å². The van der Waals surface area contributed by atoms with Crippen molar-refractivity contribution in [2.75, 3.05) is 6.61 Å². The van der Waals surface area contributed by atoms with Gasteiger partial charge in [0, 0.05) is 17.3 Å². The molecule has 2 heterocycles. The highest BCUT2D eigenvalue weighted by molar-refractivity contribution is 6.30. The minimum Gasteiger partial charge on any atom is -0.461 e. The Morgan fingerprint density at radius 2 is 2.29 bits per heavy atom. The lowest BCUT2D eigenvalue weighted by molar-refractivity contribution is 0.0517. The molecule has 90 valence electrons. The average molecular weight is 253 g/mol. The number of carbonyl (C=O) groups excluding carboxylic acids is 1. The number of halogens is 1. The molecule has 0 aromatic carbocycles. The molecule has 2 rings (SSSR count). The van der Waals surface area contributed by atoms with Crippen molar-refractivity contribution in [3.63, 3.8) is 0 Å². The number of esters is 1. The van der Waals surface area contributed by atoms with Crippen LogP contribution in [-0.2, 0) is 11.2 Å². The van der Waals surface area contributed by atoms with Gasteiger partial charge in [-0.05, 0) is 19.4 Å². The Kier molecular flexibility index (Phi) is 3.33. The summed E-state index contributed by atoms with van der Waals surface area (Å²) in [6.45, 7) is 4.08. The number of aryl methyl sites for hydroxylation is 1. The van der Waals surface area contributed by atoms with Crippen molar-refractivity contribution in [1.82, 2.24) is 9.38 Å². The number of ether oxygens (including phenoxy) is 1. The van der Waals surface area contributed by atoms with Gasteiger partial charge >= 0.3 is 5.97 Å². The summed E-state index contributed by atoms with van der Waals surface area (Å²) in [4.78, 5) is 16.2. The maximum atomic E-state index is 11.9. The Balaban J connectivity index is 2.62. The zero-order chi connectivity index (χ0) is 12.4. The van der Waals surface area contributed by atoms with E-state index in [4.69, 9.17) is 16.3 Å². The molecule has 0 radical (unpaired) electrons. The van der Waals surface area contributed by atoms with E-state index in [-0.39, 0.29) is 5.97 Å². The number of nitrogens with zero attached hydrogens (tertiary/aromatic N) is 2. The molecular weight excluding hydrogens is 240 g/mol. The summed E-state index contributed by atoms with van der Waals surface area (Å²) >= 11 is 5.89. The third-order valence-corrected chi connectivity index (χ3v) is 2.70. The fourth-order valence-corrected chi connectivity index (χ4v) is 1.88. The molecule has 0 aliphatic carbocycles. The standard InChI is InChI=1S/C12H13ClN2O2/c1-3-9-11(12(16)17-4-2)15-6-5-8(13)7-10(15)14-9/h5-7H,3-4H2,1-2H3. The molecule has 2 aromatic rings. The average Bonchev–Trinajstić information content (AvgIpc) is 2.66. The first kappa shape index (κ1) is 11.9. The summed E-state index contributed by atoms with van der Waals surface area (Å²) < 4.78 is 6.75. The Labute approximate surface area is 104 Å². The summed E-state index contributed by atoms with van der Waals surface area (Å²) in [5, 5.41) is 0.598. The molecule has 0 N–H and O–H groups in total. The van der Waals surface area contributed by atoms with Crippen LogP contribution in [0.5, 0.6) is 0 Å². The summed E-state index contributed by atoms with van der Waals surface area (Å²) in [5.41, 5.74) is 1.88. The third kappa shape index (κ3) is 2.13. The number of fused-ring (bicyclic) bond motifs is 1. The molecular formula is C12H13ClN2O2. The summed E-state index contributed by atoms with van der Waals surface area (Å²) in [6, 6.07) is 3.45. The molecule has 0 unspecified atom stereocenters. The number of hydrogen-bond donors (Lipinski definition) is 0. The Bertz CT molecular complexity index is 563. The van der Waals surface area contributed by atoms with Crippen LogP contribution >= 0.6 is 11.6 Å². The number of pyridine rings is 1. The molecule has 0 bridgehead atoms. The molecule has 0 aliphatic heterocycles. The van der Waals surface area contributed by atoms with Crippen LogP contribution in [0, 0.1) is 0 Å². The SMILES string of the molecule is CCOC(=O)c1c(CC)nc2cc(Cl)ccn12. The summed E-state index contributed by atoms with van der Waals surface area (Å²) in [7, 11) is 0.